The minimum Gasteiger partial charge on any atom is -0.326 e. The molecule has 1 rings (SSSR count). The lowest BCUT2D eigenvalue weighted by atomic mass is 10.3. The molecule has 1 N–H and O–H groups in total. The number of nitrogens with one attached hydrogen (secondary N) is 1. The first-order valence-corrected chi connectivity index (χ1v) is 5.14. The van der Waals surface area contributed by atoms with Crippen molar-refractivity contribution < 1.29 is 9.18 Å². The Morgan fingerprint density at radius 3 is 2.40 bits per heavy atom. The predicted molar refractivity (Wildman–Crippen MR) is 58.6 cm³/mol. The summed E-state index contributed by atoms with van der Waals surface area (Å²) in [4.78, 5) is 11.4. The summed E-state index contributed by atoms with van der Waals surface area (Å²) < 4.78 is 12.8. The molecule has 1 aliphatic carbocycles. The van der Waals surface area contributed by atoms with Crippen LogP contribution in [0.5, 0.6) is 0 Å². The molecule has 0 atom stereocenters. The maximum atomic E-state index is 12.8. The predicted octanol–water partition coefficient (Wildman–Crippen LogP) is 2.85. The molecule has 1 fully saturated rings. The molecule has 0 unspecified atom stereocenters. The molecular formula is C12H16FNO. The van der Waals surface area contributed by atoms with Crippen LogP contribution < -0.4 is 5.32 Å². The quantitative estimate of drug-likeness (QED) is 0.709. The lowest BCUT2D eigenvalue weighted by Gasteiger charge is -2.03. The summed E-state index contributed by atoms with van der Waals surface area (Å²) in [5, 5.41) is 2.75. The summed E-state index contributed by atoms with van der Waals surface area (Å²) in [6.07, 6.45) is 7.95. The third-order valence-corrected chi connectivity index (χ3v) is 2.22. The molecule has 82 valence electrons. The zero-order valence-electron chi connectivity index (χ0n) is 9.09. The second kappa shape index (κ2) is 5.49. The van der Waals surface area contributed by atoms with E-state index < -0.39 is 0 Å². The minimum atomic E-state index is -0.310. The van der Waals surface area contributed by atoms with Gasteiger partial charge in [-0.3, -0.25) is 4.79 Å². The van der Waals surface area contributed by atoms with Gasteiger partial charge in [-0.15, -0.1) is 0 Å². The Kier molecular flexibility index (Phi) is 4.28. The highest BCUT2D eigenvalue weighted by Crippen LogP contribution is 2.29. The van der Waals surface area contributed by atoms with Crippen LogP contribution in [0.3, 0.4) is 0 Å². The Bertz CT molecular complexity index is 325. The first-order chi connectivity index (χ1) is 7.17. The Morgan fingerprint density at radius 1 is 1.27 bits per heavy atom. The van der Waals surface area contributed by atoms with Gasteiger partial charge in [0.15, 0.2) is 0 Å². The average Bonchev–Trinajstić information content (AvgIpc) is 3.06. The molecule has 15 heavy (non-hydrogen) atoms. The smallest absolute Gasteiger partial charge is 0.227 e. The number of hydrogen-bond acceptors (Lipinski definition) is 1. The normalized spacial score (nSPS) is 18.3. The fraction of sp³-hybridized carbons (Fsp3) is 0.417. The molecule has 2 nitrogen and oxygen atoms in total. The van der Waals surface area contributed by atoms with Crippen molar-refractivity contribution in [3.8, 4) is 0 Å². The lowest BCUT2D eigenvalue weighted by Crippen LogP contribution is -2.23. The highest BCUT2D eigenvalue weighted by atomic mass is 19.1. The Morgan fingerprint density at radius 2 is 1.93 bits per heavy atom. The van der Waals surface area contributed by atoms with E-state index >= 15 is 0 Å². The molecule has 1 amide bonds. The van der Waals surface area contributed by atoms with Crippen LogP contribution in [-0.2, 0) is 4.79 Å². The number of carbonyl (C=O) groups excluding carboxylic acids is 1. The van der Waals surface area contributed by atoms with Crippen LogP contribution in [0.2, 0.25) is 0 Å². The van der Waals surface area contributed by atoms with Crippen molar-refractivity contribution in [2.45, 2.75) is 26.7 Å². The van der Waals surface area contributed by atoms with Crippen molar-refractivity contribution in [3.05, 3.63) is 35.8 Å². The lowest BCUT2D eigenvalue weighted by molar-refractivity contribution is -0.121. The van der Waals surface area contributed by atoms with Gasteiger partial charge in [0, 0.05) is 11.6 Å². The van der Waals surface area contributed by atoms with Gasteiger partial charge in [-0.25, -0.2) is 4.39 Å². The Balaban J connectivity index is 2.49. The van der Waals surface area contributed by atoms with Crippen LogP contribution in [0.25, 0.3) is 0 Å². The summed E-state index contributed by atoms with van der Waals surface area (Å²) >= 11 is 0. The van der Waals surface area contributed by atoms with E-state index in [9.17, 15) is 9.18 Å². The van der Waals surface area contributed by atoms with Gasteiger partial charge in [-0.05, 0) is 38.8 Å². The van der Waals surface area contributed by atoms with Gasteiger partial charge >= 0.3 is 0 Å². The molecule has 0 saturated heterocycles. The topological polar surface area (TPSA) is 29.1 Å². The first kappa shape index (κ1) is 11.7. The third-order valence-electron chi connectivity index (χ3n) is 2.22. The first-order valence-electron chi connectivity index (χ1n) is 5.14. The van der Waals surface area contributed by atoms with Gasteiger partial charge in [0.1, 0.15) is 5.83 Å². The van der Waals surface area contributed by atoms with Gasteiger partial charge in [0.25, 0.3) is 0 Å². The molecule has 1 aliphatic rings. The van der Waals surface area contributed by atoms with Crippen LogP contribution >= 0.6 is 0 Å². The molecule has 0 aromatic carbocycles. The Labute approximate surface area is 89.6 Å². The zero-order chi connectivity index (χ0) is 11.3. The van der Waals surface area contributed by atoms with Gasteiger partial charge in [-0.2, -0.15) is 0 Å². The van der Waals surface area contributed by atoms with E-state index in [0.717, 1.165) is 12.8 Å². The second-order valence-electron chi connectivity index (χ2n) is 3.51. The number of allylic oxidation sites excluding steroid dienone is 5. The van der Waals surface area contributed by atoms with Gasteiger partial charge in [0.2, 0.25) is 5.91 Å². The highest BCUT2D eigenvalue weighted by Gasteiger charge is 2.29. The average molecular weight is 209 g/mol. The van der Waals surface area contributed by atoms with E-state index in [1.54, 1.807) is 26.0 Å². The van der Waals surface area contributed by atoms with Crippen molar-refractivity contribution in [1.29, 1.82) is 0 Å². The molecule has 0 radical (unpaired) electrons. The number of hydrogen-bond donors (Lipinski definition) is 1. The monoisotopic (exact) mass is 209 g/mol. The van der Waals surface area contributed by atoms with E-state index in [1.165, 1.54) is 12.2 Å². The summed E-state index contributed by atoms with van der Waals surface area (Å²) in [5.41, 5.74) is 0.643. The van der Waals surface area contributed by atoms with Crippen LogP contribution in [0, 0.1) is 5.92 Å². The SMILES string of the molecule is C/C=C(F)/C=C\C(=C/C)NC(=O)C1CC1. The molecule has 0 bridgehead atoms. The van der Waals surface area contributed by atoms with E-state index in [4.69, 9.17) is 0 Å². The largest absolute Gasteiger partial charge is 0.326 e. The summed E-state index contributed by atoms with van der Waals surface area (Å²) in [7, 11) is 0. The molecule has 0 heterocycles. The summed E-state index contributed by atoms with van der Waals surface area (Å²) in [6, 6.07) is 0. The van der Waals surface area contributed by atoms with Crippen LogP contribution in [0.15, 0.2) is 35.8 Å². The maximum Gasteiger partial charge on any atom is 0.227 e. The van der Waals surface area contributed by atoms with Gasteiger partial charge < -0.3 is 5.32 Å². The molecule has 0 aromatic rings. The van der Waals surface area contributed by atoms with Crippen molar-refractivity contribution >= 4 is 5.91 Å². The van der Waals surface area contributed by atoms with Gasteiger partial charge in [0.05, 0.1) is 0 Å². The van der Waals surface area contributed by atoms with Crippen LogP contribution in [0.4, 0.5) is 4.39 Å². The van der Waals surface area contributed by atoms with Crippen LogP contribution in [0.1, 0.15) is 26.7 Å². The van der Waals surface area contributed by atoms with E-state index in [1.807, 2.05) is 0 Å². The van der Waals surface area contributed by atoms with E-state index in [-0.39, 0.29) is 17.7 Å². The standard InChI is InChI=1S/C12H16FNO/c1-3-10(13)7-8-11(4-2)14-12(15)9-5-6-9/h3-4,7-9H,5-6H2,1-2H3,(H,14,15)/b8-7-,10-3-,11-4+. The number of halogens is 1. The highest BCUT2D eigenvalue weighted by molar-refractivity contribution is 5.82. The second-order valence-corrected chi connectivity index (χ2v) is 3.51. The van der Waals surface area contributed by atoms with Crippen molar-refractivity contribution in [3.63, 3.8) is 0 Å². The maximum absolute atomic E-state index is 12.8. The third kappa shape index (κ3) is 4.11. The van der Waals surface area contributed by atoms with Gasteiger partial charge in [-0.1, -0.05) is 12.2 Å². The zero-order valence-corrected chi connectivity index (χ0v) is 9.09. The molecular weight excluding hydrogens is 193 g/mol. The van der Waals surface area contributed by atoms with Crippen molar-refractivity contribution in [2.75, 3.05) is 0 Å². The number of amides is 1. The molecule has 0 aromatic heterocycles. The minimum absolute atomic E-state index is 0.0358. The van der Waals surface area contributed by atoms with Crippen molar-refractivity contribution in [1.82, 2.24) is 5.32 Å². The molecule has 3 heteroatoms. The van der Waals surface area contributed by atoms with Crippen molar-refractivity contribution in [2.24, 2.45) is 5.92 Å². The number of carbonyl (C=O) groups is 1. The fourth-order valence-corrected chi connectivity index (χ4v) is 1.07. The molecule has 1 saturated carbocycles. The summed E-state index contributed by atoms with van der Waals surface area (Å²) in [6.45, 7) is 3.43. The van der Waals surface area contributed by atoms with Crippen LogP contribution in [-0.4, -0.2) is 5.91 Å². The molecule has 0 aliphatic heterocycles. The summed E-state index contributed by atoms with van der Waals surface area (Å²) in [5.74, 6) is -0.108. The Hall–Kier alpha value is -1.38. The van der Waals surface area contributed by atoms with E-state index in [0.29, 0.717) is 5.70 Å². The molecule has 0 spiro atoms. The van der Waals surface area contributed by atoms with E-state index in [2.05, 4.69) is 5.32 Å². The number of rotatable bonds is 4. The fourth-order valence-electron chi connectivity index (χ4n) is 1.07.